The minimum absolute atomic E-state index is 0. The fourth-order valence-electron chi connectivity index (χ4n) is 4.36. The van der Waals surface area contributed by atoms with Crippen LogP contribution in [0.5, 0.6) is 0 Å². The van der Waals surface area contributed by atoms with E-state index in [1.165, 1.54) is 27.3 Å². The summed E-state index contributed by atoms with van der Waals surface area (Å²) in [7, 11) is 0. The smallest absolute Gasteiger partial charge is 0.0607 e. The third-order valence-corrected chi connectivity index (χ3v) is 5.96. The van der Waals surface area contributed by atoms with Crippen molar-refractivity contribution in [3.8, 4) is 22.5 Å². The topological polar surface area (TPSA) is 25.8 Å². The van der Waals surface area contributed by atoms with Crippen LogP contribution in [0.25, 0.3) is 56.3 Å². The molecule has 0 unspecified atom stereocenters. The molecule has 2 aromatic heterocycles. The van der Waals surface area contributed by atoms with Gasteiger partial charge in [0, 0.05) is 31.7 Å². The van der Waals surface area contributed by atoms with Gasteiger partial charge in [-0.2, -0.15) is 0 Å². The number of fused-ring (bicyclic) bond motifs is 1. The van der Waals surface area contributed by atoms with E-state index in [4.69, 9.17) is 4.98 Å². The van der Waals surface area contributed by atoms with Gasteiger partial charge in [-0.25, -0.2) is 0 Å². The molecule has 0 atom stereocenters. The maximum atomic E-state index is 4.74. The second-order valence-corrected chi connectivity index (χ2v) is 8.10. The molecule has 3 heteroatoms. The maximum absolute atomic E-state index is 4.74. The van der Waals surface area contributed by atoms with Crippen molar-refractivity contribution in [2.24, 2.45) is 0 Å². The third-order valence-electron chi connectivity index (χ3n) is 5.96. The Kier molecular flexibility index (Phi) is 6.63. The van der Waals surface area contributed by atoms with E-state index in [-0.39, 0.29) is 20.1 Å². The van der Waals surface area contributed by atoms with Gasteiger partial charge in [0.1, 0.15) is 0 Å². The van der Waals surface area contributed by atoms with Crippen molar-refractivity contribution in [1.29, 1.82) is 0 Å². The minimum Gasteiger partial charge on any atom is -0.304 e. The summed E-state index contributed by atoms with van der Waals surface area (Å²) in [6, 6.07) is 41.0. The van der Waals surface area contributed by atoms with Crippen LogP contribution in [0.1, 0.15) is 11.1 Å². The summed E-state index contributed by atoms with van der Waals surface area (Å²) >= 11 is 0. The Balaban J connectivity index is 0.000000142. The van der Waals surface area contributed by atoms with Crippen molar-refractivity contribution < 1.29 is 20.1 Å². The molecule has 0 bridgehead atoms. The van der Waals surface area contributed by atoms with Gasteiger partial charge in [0.15, 0.2) is 0 Å². The van der Waals surface area contributed by atoms with Crippen LogP contribution in [-0.4, -0.2) is 9.97 Å². The fraction of sp³-hybridized carbons (Fsp3) is 0. The first-order chi connectivity index (χ1) is 16.9. The van der Waals surface area contributed by atoms with Crippen molar-refractivity contribution >= 4 is 33.8 Å². The molecule has 35 heavy (non-hydrogen) atoms. The summed E-state index contributed by atoms with van der Waals surface area (Å²) in [4.78, 5) is 9.18. The van der Waals surface area contributed by atoms with Crippen LogP contribution in [0, 0.1) is 12.1 Å². The van der Waals surface area contributed by atoms with E-state index in [1.54, 1.807) is 0 Å². The maximum Gasteiger partial charge on any atom is 0.0607 e. The van der Waals surface area contributed by atoms with E-state index < -0.39 is 0 Å². The average Bonchev–Trinajstić information content (AvgIpc) is 3.34. The summed E-state index contributed by atoms with van der Waals surface area (Å²) in [5, 5.41) is 3.65. The van der Waals surface area contributed by atoms with Crippen LogP contribution in [0.3, 0.4) is 0 Å². The van der Waals surface area contributed by atoms with Gasteiger partial charge in [0.2, 0.25) is 0 Å². The quantitative estimate of drug-likeness (QED) is 0.183. The second-order valence-electron chi connectivity index (χ2n) is 8.10. The SMILES string of the molecule is [Ir].[c-]1ccccc1-c1cc2c3c(cccc3n1)C=C2.[c-]1ccccc1-c1nccc2ccccc12. The van der Waals surface area contributed by atoms with E-state index in [0.29, 0.717) is 0 Å². The molecule has 7 rings (SSSR count). The van der Waals surface area contributed by atoms with Gasteiger partial charge in [0.05, 0.1) is 5.52 Å². The molecule has 1 aliphatic rings. The number of benzene rings is 4. The van der Waals surface area contributed by atoms with Crippen molar-refractivity contribution in [3.63, 3.8) is 0 Å². The molecule has 1 aliphatic carbocycles. The van der Waals surface area contributed by atoms with Gasteiger partial charge in [-0.3, -0.25) is 4.98 Å². The molecule has 6 aromatic rings. The zero-order chi connectivity index (χ0) is 22.7. The third kappa shape index (κ3) is 4.57. The number of hydrogen-bond acceptors (Lipinski definition) is 2. The predicted octanol–water partition coefficient (Wildman–Crippen LogP) is 7.89. The summed E-state index contributed by atoms with van der Waals surface area (Å²) in [6.45, 7) is 0. The van der Waals surface area contributed by atoms with Crippen LogP contribution < -0.4 is 0 Å². The Hall–Kier alpha value is -3.91. The first-order valence-electron chi connectivity index (χ1n) is 11.3. The Bertz CT molecular complexity index is 1640. The van der Waals surface area contributed by atoms with Crippen LogP contribution >= 0.6 is 0 Å². The zero-order valence-electron chi connectivity index (χ0n) is 18.8. The van der Waals surface area contributed by atoms with Gasteiger partial charge < -0.3 is 4.98 Å². The standard InChI is InChI=1S/C17H10N.C15H10N.Ir/c1-2-5-12(6-3-1)16-11-14-10-9-13-7-4-8-15(18-16)17(13)14;1-2-7-13(8-3-1)15-14-9-5-4-6-12(14)10-11-16-15;/h1-5,7-11H;1-7,9-11H;/q2*-1;. The predicted molar refractivity (Wildman–Crippen MR) is 141 cm³/mol. The summed E-state index contributed by atoms with van der Waals surface area (Å²) < 4.78 is 0. The Morgan fingerprint density at radius 1 is 0.629 bits per heavy atom. The van der Waals surface area contributed by atoms with Crippen molar-refractivity contribution in [1.82, 2.24) is 9.97 Å². The number of nitrogens with zero attached hydrogens (tertiary/aromatic N) is 2. The molecule has 4 aromatic carbocycles. The van der Waals surface area contributed by atoms with E-state index in [9.17, 15) is 0 Å². The van der Waals surface area contributed by atoms with Crippen LogP contribution in [0.2, 0.25) is 0 Å². The molecule has 0 spiro atoms. The van der Waals surface area contributed by atoms with E-state index in [2.05, 4.69) is 65.7 Å². The number of aromatic nitrogens is 2. The monoisotopic (exact) mass is 625 g/mol. The number of rotatable bonds is 2. The minimum atomic E-state index is 0. The van der Waals surface area contributed by atoms with Gasteiger partial charge in [-0.1, -0.05) is 54.6 Å². The molecule has 0 aliphatic heterocycles. The second kappa shape index (κ2) is 10.1. The van der Waals surface area contributed by atoms with Gasteiger partial charge in [-0.05, 0) is 45.4 Å². The van der Waals surface area contributed by atoms with Gasteiger partial charge in [-0.15, -0.1) is 71.8 Å². The molecular weight excluding hydrogens is 605 g/mol. The van der Waals surface area contributed by atoms with Crippen molar-refractivity contribution in [2.45, 2.75) is 0 Å². The normalized spacial score (nSPS) is 11.1. The summed E-state index contributed by atoms with van der Waals surface area (Å²) in [5.41, 5.74) is 7.64. The van der Waals surface area contributed by atoms with Crippen LogP contribution in [-0.2, 0) is 20.1 Å². The molecule has 169 valence electrons. The molecule has 2 heterocycles. The molecule has 0 saturated heterocycles. The molecule has 1 radical (unpaired) electrons. The first-order valence-corrected chi connectivity index (χ1v) is 11.3. The van der Waals surface area contributed by atoms with Crippen molar-refractivity contribution in [2.75, 3.05) is 0 Å². The molecule has 0 amide bonds. The van der Waals surface area contributed by atoms with E-state index >= 15 is 0 Å². The number of hydrogen-bond donors (Lipinski definition) is 0. The molecule has 2 nitrogen and oxygen atoms in total. The van der Waals surface area contributed by atoms with E-state index in [0.717, 1.165) is 28.0 Å². The Morgan fingerprint density at radius 3 is 2.17 bits per heavy atom. The molecular formula is C32H20IrN2-2. The molecule has 0 fully saturated rings. The summed E-state index contributed by atoms with van der Waals surface area (Å²) in [6.07, 6.45) is 6.15. The zero-order valence-corrected chi connectivity index (χ0v) is 21.2. The van der Waals surface area contributed by atoms with Gasteiger partial charge >= 0.3 is 0 Å². The Morgan fingerprint density at radius 2 is 1.37 bits per heavy atom. The van der Waals surface area contributed by atoms with Crippen LogP contribution in [0.4, 0.5) is 0 Å². The average molecular weight is 625 g/mol. The largest absolute Gasteiger partial charge is 0.304 e. The molecule has 0 saturated carbocycles. The van der Waals surface area contributed by atoms with E-state index in [1.807, 2.05) is 72.9 Å². The fourth-order valence-corrected chi connectivity index (χ4v) is 4.36. The Labute approximate surface area is 218 Å². The summed E-state index contributed by atoms with van der Waals surface area (Å²) in [5.74, 6) is 0. The van der Waals surface area contributed by atoms with Gasteiger partial charge in [0.25, 0.3) is 0 Å². The van der Waals surface area contributed by atoms with Crippen LogP contribution in [0.15, 0.2) is 109 Å². The van der Waals surface area contributed by atoms with Crippen molar-refractivity contribution in [3.05, 3.63) is 133 Å². The molecule has 0 N–H and O–H groups in total. The number of pyridine rings is 2. The first kappa shape index (κ1) is 22.9.